The van der Waals surface area contributed by atoms with Gasteiger partial charge in [0.05, 0.1) is 21.0 Å². The number of fused-ring (bicyclic) bond motifs is 1. The van der Waals surface area contributed by atoms with Crippen LogP contribution in [0, 0.1) is 5.92 Å². The monoisotopic (exact) mass is 445 g/mol. The van der Waals surface area contributed by atoms with Gasteiger partial charge in [0.2, 0.25) is 15.9 Å². The molecule has 0 saturated carbocycles. The van der Waals surface area contributed by atoms with E-state index in [-0.39, 0.29) is 22.2 Å². The van der Waals surface area contributed by atoms with Gasteiger partial charge in [-0.15, -0.1) is 0 Å². The quantitative estimate of drug-likeness (QED) is 0.654. The minimum atomic E-state index is -3.62. The predicted octanol–water partition coefficient (Wildman–Crippen LogP) is 3.12. The first kappa shape index (κ1) is 20.8. The van der Waals surface area contributed by atoms with Crippen LogP contribution in [-0.2, 0) is 21.4 Å². The van der Waals surface area contributed by atoms with E-state index in [1.54, 1.807) is 47.0 Å². The topological polar surface area (TPSA) is 88.5 Å². The molecule has 1 N–H and O–H groups in total. The average molecular weight is 446 g/mol. The maximum atomic E-state index is 12.9. The summed E-state index contributed by atoms with van der Waals surface area (Å²) in [5.41, 5.74) is 1.46. The number of rotatable bonds is 5. The molecule has 0 radical (unpaired) electrons. The number of hydrogen-bond acceptors (Lipinski definition) is 5. The molecule has 7 nitrogen and oxygen atoms in total. The zero-order valence-electron chi connectivity index (χ0n) is 16.6. The molecule has 30 heavy (non-hydrogen) atoms. The van der Waals surface area contributed by atoms with E-state index in [0.717, 1.165) is 21.6 Å². The largest absolute Gasteiger partial charge is 0.326 e. The molecular weight excluding hydrogens is 422 g/mol. The fourth-order valence-electron chi connectivity index (χ4n) is 3.80. The number of carbonyl (C=O) groups excluding carboxylic acids is 1. The first-order valence-electron chi connectivity index (χ1n) is 9.89. The Hall–Kier alpha value is -2.49. The Morgan fingerprint density at radius 1 is 1.20 bits per heavy atom. The summed E-state index contributed by atoms with van der Waals surface area (Å²) < 4.78 is 29.7. The van der Waals surface area contributed by atoms with E-state index in [1.165, 1.54) is 4.31 Å². The summed E-state index contributed by atoms with van der Waals surface area (Å²) in [7, 11) is -3.62. The van der Waals surface area contributed by atoms with Gasteiger partial charge < -0.3 is 5.32 Å². The first-order chi connectivity index (χ1) is 14.4. The maximum Gasteiger partial charge on any atom is 0.308 e. The molecule has 1 atom stereocenters. The van der Waals surface area contributed by atoms with Crippen molar-refractivity contribution in [1.29, 1.82) is 0 Å². The fraction of sp³-hybridized carbons (Fsp3) is 0.333. The second kappa shape index (κ2) is 8.33. The second-order valence-corrected chi connectivity index (χ2v) is 10.2. The number of hydrogen-bond donors (Lipinski definition) is 1. The van der Waals surface area contributed by atoms with Gasteiger partial charge in [-0.1, -0.05) is 29.5 Å². The van der Waals surface area contributed by atoms with E-state index in [2.05, 4.69) is 5.32 Å². The van der Waals surface area contributed by atoms with E-state index in [4.69, 9.17) is 0 Å². The van der Waals surface area contributed by atoms with Crippen LogP contribution in [0.15, 0.2) is 58.2 Å². The lowest BCUT2D eigenvalue weighted by Gasteiger charge is -2.31. The van der Waals surface area contributed by atoms with Crippen LogP contribution in [-0.4, -0.2) is 36.3 Å². The molecule has 158 valence electrons. The minimum absolute atomic E-state index is 0.0231. The van der Waals surface area contributed by atoms with E-state index in [0.29, 0.717) is 31.6 Å². The van der Waals surface area contributed by atoms with Gasteiger partial charge in [-0.2, -0.15) is 4.31 Å². The molecule has 1 amide bonds. The Bertz CT molecular complexity index is 1230. The molecule has 1 aliphatic heterocycles. The van der Waals surface area contributed by atoms with E-state index in [1.807, 2.05) is 13.0 Å². The Morgan fingerprint density at radius 3 is 2.70 bits per heavy atom. The number of thiazole rings is 1. The number of aromatic nitrogens is 1. The van der Waals surface area contributed by atoms with Crippen LogP contribution in [0.2, 0.25) is 0 Å². The van der Waals surface area contributed by atoms with Gasteiger partial charge in [-0.3, -0.25) is 14.2 Å². The highest BCUT2D eigenvalue weighted by molar-refractivity contribution is 7.89. The molecule has 1 fully saturated rings. The summed E-state index contributed by atoms with van der Waals surface area (Å²) in [5.74, 6) is -0.628. The lowest BCUT2D eigenvalue weighted by Crippen LogP contribution is -2.43. The molecule has 0 spiro atoms. The summed E-state index contributed by atoms with van der Waals surface area (Å²) in [6.45, 7) is 3.08. The normalized spacial score (nSPS) is 17.8. The summed E-state index contributed by atoms with van der Waals surface area (Å²) in [5, 5.41) is 2.90. The number of aryl methyl sites for hydroxylation is 1. The van der Waals surface area contributed by atoms with Crippen molar-refractivity contribution in [2.75, 3.05) is 18.4 Å². The SMILES string of the molecule is CCn1c(=O)sc2cc(NC(=O)C3CCCN(S(=O)(=O)c4ccccc4)C3)ccc21. The first-order valence-corrected chi connectivity index (χ1v) is 12.1. The van der Waals surface area contributed by atoms with Gasteiger partial charge in [0.25, 0.3) is 0 Å². The molecule has 1 saturated heterocycles. The van der Waals surface area contributed by atoms with E-state index >= 15 is 0 Å². The molecule has 9 heteroatoms. The molecule has 3 aromatic rings. The van der Waals surface area contributed by atoms with Gasteiger partial charge in [-0.05, 0) is 50.1 Å². The summed E-state index contributed by atoms with van der Waals surface area (Å²) in [6, 6.07) is 13.7. The van der Waals surface area contributed by atoms with Crippen molar-refractivity contribution < 1.29 is 13.2 Å². The standard InChI is InChI=1S/C21H23N3O4S2/c1-2-24-18-11-10-16(13-19(18)29-21(24)26)22-20(25)15-7-6-12-23(14-15)30(27,28)17-8-4-3-5-9-17/h3-5,8-11,13,15H,2,6-7,12,14H2,1H3,(H,22,25). The molecule has 2 aromatic carbocycles. The van der Waals surface area contributed by atoms with Crippen molar-refractivity contribution in [3.05, 3.63) is 58.2 Å². The molecule has 1 aromatic heterocycles. The van der Waals surface area contributed by atoms with Gasteiger partial charge in [-0.25, -0.2) is 8.42 Å². The zero-order valence-corrected chi connectivity index (χ0v) is 18.2. The second-order valence-electron chi connectivity index (χ2n) is 7.30. The molecule has 4 rings (SSSR count). The van der Waals surface area contributed by atoms with Crippen LogP contribution in [0.3, 0.4) is 0 Å². The number of piperidine rings is 1. The van der Waals surface area contributed by atoms with Gasteiger partial charge in [0, 0.05) is 25.3 Å². The highest BCUT2D eigenvalue weighted by Gasteiger charge is 2.33. The number of sulfonamides is 1. The van der Waals surface area contributed by atoms with Crippen molar-refractivity contribution in [3.63, 3.8) is 0 Å². The predicted molar refractivity (Wildman–Crippen MR) is 118 cm³/mol. The van der Waals surface area contributed by atoms with Crippen LogP contribution in [0.25, 0.3) is 10.2 Å². The summed E-state index contributed by atoms with van der Waals surface area (Å²) >= 11 is 1.15. The van der Waals surface area contributed by atoms with Crippen LogP contribution in [0.1, 0.15) is 19.8 Å². The number of amides is 1. The molecular formula is C21H23N3O4S2. The number of nitrogens with one attached hydrogen (secondary N) is 1. The minimum Gasteiger partial charge on any atom is -0.326 e. The van der Waals surface area contributed by atoms with Crippen molar-refractivity contribution in [2.24, 2.45) is 5.92 Å². The molecule has 1 aliphatic rings. The summed E-state index contributed by atoms with van der Waals surface area (Å²) in [4.78, 5) is 25.1. The maximum absolute atomic E-state index is 12.9. The number of anilines is 1. The van der Waals surface area contributed by atoms with Crippen molar-refractivity contribution in [1.82, 2.24) is 8.87 Å². The Morgan fingerprint density at radius 2 is 1.97 bits per heavy atom. The van der Waals surface area contributed by atoms with Crippen LogP contribution in [0.4, 0.5) is 5.69 Å². The van der Waals surface area contributed by atoms with Crippen molar-refractivity contribution >= 4 is 43.2 Å². The Kier molecular flexibility index (Phi) is 5.77. The number of nitrogens with zero attached hydrogens (tertiary/aromatic N) is 2. The fourth-order valence-corrected chi connectivity index (χ4v) is 6.34. The number of carbonyl (C=O) groups is 1. The van der Waals surface area contributed by atoms with Crippen molar-refractivity contribution in [2.45, 2.75) is 31.2 Å². The third-order valence-electron chi connectivity index (χ3n) is 5.39. The molecule has 2 heterocycles. The third kappa shape index (κ3) is 3.92. The molecule has 0 bridgehead atoms. The average Bonchev–Trinajstić information content (AvgIpc) is 3.08. The summed E-state index contributed by atoms with van der Waals surface area (Å²) in [6.07, 6.45) is 1.26. The van der Waals surface area contributed by atoms with Crippen molar-refractivity contribution in [3.8, 4) is 0 Å². The van der Waals surface area contributed by atoms with Crippen LogP contribution in [0.5, 0.6) is 0 Å². The smallest absolute Gasteiger partial charge is 0.308 e. The van der Waals surface area contributed by atoms with Crippen LogP contribution < -0.4 is 10.2 Å². The van der Waals surface area contributed by atoms with E-state index in [9.17, 15) is 18.0 Å². The van der Waals surface area contributed by atoms with Gasteiger partial charge in [0.1, 0.15) is 0 Å². The Labute approximate surface area is 179 Å². The number of benzene rings is 2. The molecule has 1 unspecified atom stereocenters. The van der Waals surface area contributed by atoms with Gasteiger partial charge >= 0.3 is 4.87 Å². The van der Waals surface area contributed by atoms with Gasteiger partial charge in [0.15, 0.2) is 0 Å². The zero-order chi connectivity index (χ0) is 21.3. The third-order valence-corrected chi connectivity index (χ3v) is 8.21. The van der Waals surface area contributed by atoms with Crippen LogP contribution >= 0.6 is 11.3 Å². The highest BCUT2D eigenvalue weighted by Crippen LogP contribution is 2.26. The lowest BCUT2D eigenvalue weighted by molar-refractivity contribution is -0.120. The lowest BCUT2D eigenvalue weighted by atomic mass is 9.98. The molecule has 0 aliphatic carbocycles. The van der Waals surface area contributed by atoms with E-state index < -0.39 is 15.9 Å². The highest BCUT2D eigenvalue weighted by atomic mass is 32.2. The Balaban J connectivity index is 1.50.